The van der Waals surface area contributed by atoms with Gasteiger partial charge in [0.05, 0.1) is 5.69 Å². The molecule has 0 atom stereocenters. The number of hydrogen-bond donors (Lipinski definition) is 1. The second kappa shape index (κ2) is 3.25. The fraction of sp³-hybridized carbons (Fsp3) is 0.167. The average molecular weight is 182 g/mol. The zero-order valence-corrected chi connectivity index (χ0v) is 7.13. The molecule has 12 heavy (non-hydrogen) atoms. The largest absolute Gasteiger partial charge is 0.365 e. The summed E-state index contributed by atoms with van der Waals surface area (Å²) >= 11 is 1.18. The number of hydrogen-bond acceptors (Lipinski definition) is 3. The van der Waals surface area contributed by atoms with Gasteiger partial charge >= 0.3 is 0 Å². The average Bonchev–Trinajstić information content (AvgIpc) is 2.34. The lowest BCUT2D eigenvalue weighted by Crippen LogP contribution is -2.08. The van der Waals surface area contributed by atoms with E-state index in [1.807, 2.05) is 0 Å². The van der Waals surface area contributed by atoms with Crippen molar-refractivity contribution in [3.8, 4) is 0 Å². The van der Waals surface area contributed by atoms with E-state index in [0.29, 0.717) is 10.6 Å². The molecular weight excluding hydrogens is 176 g/mol. The maximum absolute atomic E-state index is 10.8. The minimum atomic E-state index is -0.560. The van der Waals surface area contributed by atoms with Gasteiger partial charge in [-0.15, -0.1) is 11.3 Å². The molecule has 6 heteroatoms. The van der Waals surface area contributed by atoms with Crippen molar-refractivity contribution in [1.82, 2.24) is 0 Å². The minimum Gasteiger partial charge on any atom is -0.365 e. The van der Waals surface area contributed by atoms with Crippen LogP contribution in [-0.2, 0) is 0 Å². The summed E-state index contributed by atoms with van der Waals surface area (Å²) in [6, 6.07) is 0. The highest BCUT2D eigenvalue weighted by Gasteiger charge is 2.11. The Morgan fingerprint density at radius 1 is 1.83 bits per heavy atom. The van der Waals surface area contributed by atoms with Gasteiger partial charge in [-0.2, -0.15) is 0 Å². The van der Waals surface area contributed by atoms with Gasteiger partial charge in [-0.25, -0.2) is 0 Å². The van der Waals surface area contributed by atoms with E-state index in [1.165, 1.54) is 11.3 Å². The quantitative estimate of drug-likeness (QED) is 0.423. The van der Waals surface area contributed by atoms with Crippen LogP contribution in [0.15, 0.2) is 10.5 Å². The molecule has 5 nitrogen and oxygen atoms in total. The van der Waals surface area contributed by atoms with Crippen molar-refractivity contribution < 1.29 is 4.79 Å². The van der Waals surface area contributed by atoms with Gasteiger partial charge in [0.25, 0.3) is 5.91 Å². The topological polar surface area (TPSA) is 91.9 Å². The molecule has 1 amide bonds. The molecular formula is C6H6N4OS. The lowest BCUT2D eigenvalue weighted by Gasteiger charge is -1.91. The van der Waals surface area contributed by atoms with Gasteiger partial charge in [-0.1, -0.05) is 5.11 Å². The number of amides is 1. The van der Waals surface area contributed by atoms with Crippen LogP contribution in [0.5, 0.6) is 0 Å². The lowest BCUT2D eigenvalue weighted by atomic mass is 10.3. The van der Waals surface area contributed by atoms with Crippen LogP contribution in [0.1, 0.15) is 15.2 Å². The molecule has 1 aromatic heterocycles. The first-order chi connectivity index (χ1) is 5.66. The van der Waals surface area contributed by atoms with E-state index in [1.54, 1.807) is 12.3 Å². The Labute approximate surface area is 72.4 Å². The second-order valence-corrected chi connectivity index (χ2v) is 3.03. The van der Waals surface area contributed by atoms with Crippen molar-refractivity contribution in [1.29, 1.82) is 0 Å². The third-order valence-corrected chi connectivity index (χ3v) is 2.41. The molecule has 1 aromatic rings. The number of aryl methyl sites for hydroxylation is 1. The summed E-state index contributed by atoms with van der Waals surface area (Å²) in [5, 5.41) is 5.10. The molecule has 2 N–H and O–H groups in total. The molecule has 0 aliphatic heterocycles. The van der Waals surface area contributed by atoms with Gasteiger partial charge < -0.3 is 5.73 Å². The first-order valence-corrected chi connectivity index (χ1v) is 3.97. The fourth-order valence-electron chi connectivity index (χ4n) is 0.782. The molecule has 0 aliphatic carbocycles. The number of carbonyl (C=O) groups is 1. The van der Waals surface area contributed by atoms with Crippen LogP contribution in [0, 0.1) is 6.92 Å². The Morgan fingerprint density at radius 2 is 2.50 bits per heavy atom. The standard InChI is InChI=1S/C6H6N4OS/c1-3-2-12-5(6(7)11)4(3)9-10-8/h2H,1H3,(H2,7,11). The Hall–Kier alpha value is -1.52. The number of thiophene rings is 1. The Kier molecular flexibility index (Phi) is 2.32. The van der Waals surface area contributed by atoms with E-state index >= 15 is 0 Å². The predicted octanol–water partition coefficient (Wildman–Crippen LogP) is 2.10. The molecule has 0 bridgehead atoms. The van der Waals surface area contributed by atoms with Crippen LogP contribution in [-0.4, -0.2) is 5.91 Å². The van der Waals surface area contributed by atoms with E-state index in [0.717, 1.165) is 5.56 Å². The van der Waals surface area contributed by atoms with Crippen molar-refractivity contribution in [2.45, 2.75) is 6.92 Å². The third kappa shape index (κ3) is 1.39. The maximum atomic E-state index is 10.8. The molecule has 62 valence electrons. The normalized spacial score (nSPS) is 9.08. The molecule has 0 aromatic carbocycles. The number of carbonyl (C=O) groups excluding carboxylic acids is 1. The summed E-state index contributed by atoms with van der Waals surface area (Å²) in [4.78, 5) is 13.7. The van der Waals surface area contributed by atoms with E-state index in [2.05, 4.69) is 10.0 Å². The summed E-state index contributed by atoms with van der Waals surface area (Å²) in [7, 11) is 0. The number of nitrogens with zero attached hydrogens (tertiary/aromatic N) is 3. The van der Waals surface area contributed by atoms with Crippen molar-refractivity contribution in [3.63, 3.8) is 0 Å². The first kappa shape index (κ1) is 8.58. The Morgan fingerprint density at radius 3 is 3.00 bits per heavy atom. The monoisotopic (exact) mass is 182 g/mol. The first-order valence-electron chi connectivity index (χ1n) is 3.09. The van der Waals surface area contributed by atoms with Crippen LogP contribution in [0.3, 0.4) is 0 Å². The van der Waals surface area contributed by atoms with Crippen molar-refractivity contribution in [2.24, 2.45) is 10.8 Å². The van der Waals surface area contributed by atoms with Gasteiger partial charge in [-0.3, -0.25) is 4.79 Å². The van der Waals surface area contributed by atoms with E-state index < -0.39 is 5.91 Å². The zero-order valence-electron chi connectivity index (χ0n) is 6.31. The van der Waals surface area contributed by atoms with Crippen molar-refractivity contribution in [2.75, 3.05) is 0 Å². The summed E-state index contributed by atoms with van der Waals surface area (Å²) in [6.07, 6.45) is 0. The Balaban J connectivity index is 3.30. The molecule has 0 aliphatic rings. The molecule has 0 fully saturated rings. The highest BCUT2D eigenvalue weighted by Crippen LogP contribution is 2.29. The Bertz CT molecular complexity index is 364. The molecule has 1 rings (SSSR count). The number of nitrogens with two attached hydrogens (primary N) is 1. The highest BCUT2D eigenvalue weighted by atomic mass is 32.1. The van der Waals surface area contributed by atoms with Gasteiger partial charge in [0.2, 0.25) is 0 Å². The van der Waals surface area contributed by atoms with Gasteiger partial charge in [0.1, 0.15) is 4.88 Å². The van der Waals surface area contributed by atoms with E-state index in [9.17, 15) is 4.79 Å². The molecule has 0 unspecified atom stereocenters. The van der Waals surface area contributed by atoms with E-state index in [4.69, 9.17) is 11.3 Å². The zero-order chi connectivity index (χ0) is 9.14. The summed E-state index contributed by atoms with van der Waals surface area (Å²) in [5.74, 6) is -0.560. The van der Waals surface area contributed by atoms with Crippen LogP contribution < -0.4 is 5.73 Å². The predicted molar refractivity (Wildman–Crippen MR) is 46.4 cm³/mol. The van der Waals surface area contributed by atoms with Gasteiger partial charge in [0, 0.05) is 4.91 Å². The third-order valence-electron chi connectivity index (χ3n) is 1.31. The second-order valence-electron chi connectivity index (χ2n) is 2.15. The molecule has 1 heterocycles. The molecule has 0 radical (unpaired) electrons. The van der Waals surface area contributed by atoms with Crippen LogP contribution in [0.2, 0.25) is 0 Å². The van der Waals surface area contributed by atoms with Crippen LogP contribution >= 0.6 is 11.3 Å². The maximum Gasteiger partial charge on any atom is 0.259 e. The van der Waals surface area contributed by atoms with E-state index in [-0.39, 0.29) is 0 Å². The molecule has 0 saturated heterocycles. The minimum absolute atomic E-state index is 0.310. The highest BCUT2D eigenvalue weighted by molar-refractivity contribution is 7.12. The van der Waals surface area contributed by atoms with Crippen LogP contribution in [0.25, 0.3) is 10.4 Å². The number of rotatable bonds is 2. The van der Waals surface area contributed by atoms with Crippen molar-refractivity contribution in [3.05, 3.63) is 26.3 Å². The summed E-state index contributed by atoms with van der Waals surface area (Å²) in [5.41, 5.74) is 14.3. The number of azide groups is 1. The van der Waals surface area contributed by atoms with Gasteiger partial charge in [-0.05, 0) is 23.4 Å². The van der Waals surface area contributed by atoms with Crippen molar-refractivity contribution >= 4 is 22.9 Å². The fourth-order valence-corrected chi connectivity index (χ4v) is 1.62. The summed E-state index contributed by atoms with van der Waals surface area (Å²) in [6.45, 7) is 1.76. The van der Waals surface area contributed by atoms with Crippen LogP contribution in [0.4, 0.5) is 5.69 Å². The molecule has 0 spiro atoms. The SMILES string of the molecule is Cc1csc(C(N)=O)c1N=[N+]=[N-]. The summed E-state index contributed by atoms with van der Waals surface area (Å²) < 4.78 is 0. The number of primary amides is 1. The van der Waals surface area contributed by atoms with Gasteiger partial charge in [0.15, 0.2) is 0 Å². The molecule has 0 saturated carbocycles. The lowest BCUT2D eigenvalue weighted by molar-refractivity contribution is 0.100. The smallest absolute Gasteiger partial charge is 0.259 e.